The molecule has 9 nitrogen and oxygen atoms in total. The lowest BCUT2D eigenvalue weighted by Gasteiger charge is -2.36. The Bertz CT molecular complexity index is 1370. The lowest BCUT2D eigenvalue weighted by atomic mass is 9.98. The van der Waals surface area contributed by atoms with E-state index in [1.54, 1.807) is 6.20 Å². The molecule has 39 heavy (non-hydrogen) atoms. The number of ether oxygens (including phenoxy) is 2. The van der Waals surface area contributed by atoms with Crippen LogP contribution < -0.4 is 15.2 Å². The van der Waals surface area contributed by atoms with Crippen LogP contribution in [-0.4, -0.2) is 54.8 Å². The highest BCUT2D eigenvalue weighted by molar-refractivity contribution is 7.88. The van der Waals surface area contributed by atoms with Gasteiger partial charge in [0.2, 0.25) is 15.8 Å². The van der Waals surface area contributed by atoms with Gasteiger partial charge in [-0.25, -0.2) is 13.1 Å². The van der Waals surface area contributed by atoms with Crippen LogP contribution in [0.4, 0.5) is 5.69 Å². The van der Waals surface area contributed by atoms with Gasteiger partial charge in [0.1, 0.15) is 12.4 Å². The summed E-state index contributed by atoms with van der Waals surface area (Å²) < 4.78 is 41.0. The molecule has 1 aliphatic carbocycles. The fraction of sp³-hybridized carbons (Fsp3) is 0.448. The molecule has 1 saturated carbocycles. The third-order valence-electron chi connectivity index (χ3n) is 7.31. The summed E-state index contributed by atoms with van der Waals surface area (Å²) in [4.78, 5) is 15.5. The molecule has 2 fully saturated rings. The third-order valence-corrected chi connectivity index (χ3v) is 9.16. The number of hydrogen-bond acceptors (Lipinski definition) is 7. The molecule has 0 amide bonds. The van der Waals surface area contributed by atoms with Crippen molar-refractivity contribution in [3.63, 3.8) is 0 Å². The molecule has 1 aromatic heterocycles. The van der Waals surface area contributed by atoms with Crippen LogP contribution in [0.3, 0.4) is 0 Å². The number of anilines is 1. The third kappa shape index (κ3) is 7.06. The first kappa shape index (κ1) is 27.4. The molecule has 0 bridgehead atoms. The van der Waals surface area contributed by atoms with Gasteiger partial charge in [-0.3, -0.25) is 4.79 Å². The van der Waals surface area contributed by atoms with Gasteiger partial charge in [-0.2, -0.15) is 9.40 Å². The van der Waals surface area contributed by atoms with Crippen molar-refractivity contribution in [1.82, 2.24) is 14.1 Å². The zero-order valence-electron chi connectivity index (χ0n) is 22.2. The van der Waals surface area contributed by atoms with Crippen molar-refractivity contribution in [1.29, 1.82) is 0 Å². The molecular formula is C29H36N4O5S. The SMILES string of the molecule is O=c1c(OC2CCCCC2)c(N2CCN(S(=O)(=O)Cc3ccccc3)CC2)cnn1COCc1ccccc1. The standard InChI is InChI=1S/C29H36N4O5S/c34-29-28(38-26-14-8-3-9-15-26)27(20-30-33(29)23-37-21-24-10-4-1-5-11-24)31-16-18-32(19-17-31)39(35,36)22-25-12-6-2-7-13-25/h1-2,4-7,10-13,20,26H,3,8-9,14-19,21-23H2. The van der Waals surface area contributed by atoms with E-state index in [9.17, 15) is 13.2 Å². The Morgan fingerprint density at radius 1 is 0.846 bits per heavy atom. The molecule has 2 aliphatic rings. The summed E-state index contributed by atoms with van der Waals surface area (Å²) in [6, 6.07) is 19.0. The fourth-order valence-corrected chi connectivity index (χ4v) is 6.66. The molecule has 3 aromatic rings. The van der Waals surface area contributed by atoms with Crippen molar-refractivity contribution in [3.8, 4) is 5.75 Å². The molecule has 0 atom stereocenters. The molecule has 0 unspecified atom stereocenters. The summed E-state index contributed by atoms with van der Waals surface area (Å²) in [5, 5.41) is 4.39. The van der Waals surface area contributed by atoms with Gasteiger partial charge < -0.3 is 14.4 Å². The maximum Gasteiger partial charge on any atom is 0.313 e. The summed E-state index contributed by atoms with van der Waals surface area (Å²) in [5.41, 5.74) is 2.07. The van der Waals surface area contributed by atoms with E-state index in [1.807, 2.05) is 65.6 Å². The second-order valence-electron chi connectivity index (χ2n) is 10.1. The van der Waals surface area contributed by atoms with E-state index in [4.69, 9.17) is 9.47 Å². The highest BCUT2D eigenvalue weighted by Gasteiger charge is 2.30. The molecule has 10 heteroatoms. The Balaban J connectivity index is 1.30. The average Bonchev–Trinajstić information content (AvgIpc) is 2.96. The normalized spacial score (nSPS) is 17.3. The lowest BCUT2D eigenvalue weighted by molar-refractivity contribution is 0.0511. The van der Waals surface area contributed by atoms with E-state index in [1.165, 1.54) is 15.4 Å². The number of nitrogens with zero attached hydrogens (tertiary/aromatic N) is 4. The number of aromatic nitrogens is 2. The van der Waals surface area contributed by atoms with E-state index >= 15 is 0 Å². The van der Waals surface area contributed by atoms with Crippen LogP contribution in [0.15, 0.2) is 71.7 Å². The zero-order valence-corrected chi connectivity index (χ0v) is 23.0. The average molecular weight is 553 g/mol. The molecule has 2 heterocycles. The summed E-state index contributed by atoms with van der Waals surface area (Å²) >= 11 is 0. The van der Waals surface area contributed by atoms with Gasteiger partial charge in [0.05, 0.1) is 24.7 Å². The second kappa shape index (κ2) is 12.8. The lowest BCUT2D eigenvalue weighted by Crippen LogP contribution is -2.49. The quantitative estimate of drug-likeness (QED) is 0.378. The molecule has 0 radical (unpaired) electrons. The highest BCUT2D eigenvalue weighted by atomic mass is 32.2. The molecule has 2 aromatic carbocycles. The number of piperazine rings is 1. The molecule has 1 saturated heterocycles. The first-order chi connectivity index (χ1) is 19.0. The molecular weight excluding hydrogens is 516 g/mol. The molecule has 208 valence electrons. The van der Waals surface area contributed by atoms with Crippen LogP contribution in [0.2, 0.25) is 0 Å². The minimum absolute atomic E-state index is 0.0144. The molecule has 0 N–H and O–H groups in total. The van der Waals surface area contributed by atoms with Crippen molar-refractivity contribution in [2.24, 2.45) is 0 Å². The predicted molar refractivity (Wildman–Crippen MR) is 150 cm³/mol. The maximum atomic E-state index is 13.5. The fourth-order valence-electron chi connectivity index (χ4n) is 5.15. The van der Waals surface area contributed by atoms with Crippen LogP contribution in [-0.2, 0) is 33.9 Å². The number of rotatable bonds is 10. The summed E-state index contributed by atoms with van der Waals surface area (Å²) in [6.45, 7) is 1.95. The van der Waals surface area contributed by atoms with Gasteiger partial charge in [0.25, 0.3) is 0 Å². The van der Waals surface area contributed by atoms with Gasteiger partial charge >= 0.3 is 5.56 Å². The van der Waals surface area contributed by atoms with Crippen LogP contribution >= 0.6 is 0 Å². The monoisotopic (exact) mass is 552 g/mol. The highest BCUT2D eigenvalue weighted by Crippen LogP contribution is 2.29. The van der Waals surface area contributed by atoms with Crippen LogP contribution in [0.5, 0.6) is 5.75 Å². The molecule has 0 spiro atoms. The van der Waals surface area contributed by atoms with Crippen molar-refractivity contribution in [2.75, 3.05) is 31.1 Å². The van der Waals surface area contributed by atoms with Crippen LogP contribution in [0.1, 0.15) is 43.2 Å². The Hall–Kier alpha value is -3.21. The largest absolute Gasteiger partial charge is 0.483 e. The summed E-state index contributed by atoms with van der Waals surface area (Å²) in [5.74, 6) is 0.255. The van der Waals surface area contributed by atoms with Gasteiger partial charge in [-0.05, 0) is 36.8 Å². The first-order valence-electron chi connectivity index (χ1n) is 13.6. The topological polar surface area (TPSA) is 94.0 Å². The number of hydrogen-bond donors (Lipinski definition) is 0. The van der Waals surface area contributed by atoms with Gasteiger partial charge in [-0.15, -0.1) is 0 Å². The van der Waals surface area contributed by atoms with Gasteiger partial charge in [-0.1, -0.05) is 67.1 Å². The van der Waals surface area contributed by atoms with E-state index in [2.05, 4.69) is 5.10 Å². The Morgan fingerprint density at radius 2 is 1.49 bits per heavy atom. The van der Waals surface area contributed by atoms with Crippen LogP contribution in [0.25, 0.3) is 0 Å². The van der Waals surface area contributed by atoms with Crippen molar-refractivity contribution >= 4 is 15.7 Å². The molecule has 5 rings (SSSR count). The Kier molecular flexibility index (Phi) is 8.95. The minimum Gasteiger partial charge on any atom is -0.483 e. The first-order valence-corrected chi connectivity index (χ1v) is 15.3. The Morgan fingerprint density at radius 3 is 2.15 bits per heavy atom. The summed E-state index contributed by atoms with van der Waals surface area (Å²) in [6.07, 6.45) is 6.81. The smallest absolute Gasteiger partial charge is 0.313 e. The predicted octanol–water partition coefficient (Wildman–Crippen LogP) is 3.78. The number of sulfonamides is 1. The van der Waals surface area contributed by atoms with Crippen molar-refractivity contribution in [3.05, 3.63) is 88.3 Å². The molecule has 1 aliphatic heterocycles. The van der Waals surface area contributed by atoms with E-state index in [-0.39, 0.29) is 29.9 Å². The van der Waals surface area contributed by atoms with Gasteiger partial charge in [0, 0.05) is 26.2 Å². The summed E-state index contributed by atoms with van der Waals surface area (Å²) in [7, 11) is -3.45. The van der Waals surface area contributed by atoms with Gasteiger partial charge in [0.15, 0.2) is 0 Å². The van der Waals surface area contributed by atoms with Crippen LogP contribution in [0, 0.1) is 0 Å². The van der Waals surface area contributed by atoms with E-state index < -0.39 is 10.0 Å². The van der Waals surface area contributed by atoms with Crippen molar-refractivity contribution < 1.29 is 17.9 Å². The maximum absolute atomic E-state index is 13.5. The zero-order chi connectivity index (χ0) is 27.1. The van der Waals surface area contributed by atoms with E-state index in [0.717, 1.165) is 36.8 Å². The Labute approximate surface area is 230 Å². The minimum atomic E-state index is -3.45. The second-order valence-corrected chi connectivity index (χ2v) is 12.1. The van der Waals surface area contributed by atoms with Crippen molar-refractivity contribution in [2.45, 2.75) is 57.3 Å². The number of benzene rings is 2. The van der Waals surface area contributed by atoms with E-state index in [0.29, 0.717) is 38.5 Å².